The van der Waals surface area contributed by atoms with Crippen LogP contribution in [-0.2, 0) is 16.4 Å². The molecule has 0 bridgehead atoms. The third kappa shape index (κ3) is 4.57. The first kappa shape index (κ1) is 18.3. The molecule has 0 saturated carbocycles. The smallest absolute Gasteiger partial charge is 0.272 e. The Morgan fingerprint density at radius 1 is 1.19 bits per heavy atom. The fourth-order valence-corrected chi connectivity index (χ4v) is 4.62. The van der Waals surface area contributed by atoms with Gasteiger partial charge in [-0.2, -0.15) is 0 Å². The zero-order valence-corrected chi connectivity index (χ0v) is 15.4. The van der Waals surface area contributed by atoms with E-state index in [9.17, 15) is 13.2 Å². The van der Waals surface area contributed by atoms with Crippen LogP contribution >= 0.6 is 0 Å². The van der Waals surface area contributed by atoms with Crippen LogP contribution in [0.15, 0.2) is 42.5 Å². The van der Waals surface area contributed by atoms with Gasteiger partial charge in [0.1, 0.15) is 0 Å². The van der Waals surface area contributed by atoms with Crippen LogP contribution in [0.2, 0.25) is 0 Å². The first-order chi connectivity index (χ1) is 12.5. The molecule has 1 unspecified atom stereocenters. The van der Waals surface area contributed by atoms with E-state index in [0.29, 0.717) is 18.8 Å². The van der Waals surface area contributed by atoms with E-state index in [0.717, 1.165) is 6.54 Å². The maximum absolute atomic E-state index is 12.2. The Morgan fingerprint density at radius 3 is 2.54 bits per heavy atom. The molecule has 1 fully saturated rings. The van der Waals surface area contributed by atoms with Crippen molar-refractivity contribution in [3.8, 4) is 0 Å². The molecule has 1 aliphatic rings. The minimum absolute atomic E-state index is 0.00899. The van der Waals surface area contributed by atoms with Crippen LogP contribution in [0.4, 0.5) is 5.82 Å². The monoisotopic (exact) mass is 374 g/mol. The molecule has 1 aromatic heterocycles. The van der Waals surface area contributed by atoms with Gasteiger partial charge < -0.3 is 10.2 Å². The molecule has 0 aliphatic carbocycles. The van der Waals surface area contributed by atoms with E-state index in [1.165, 1.54) is 5.56 Å². The second kappa shape index (κ2) is 7.82. The fourth-order valence-electron chi connectivity index (χ4n) is 2.94. The number of carbonyl (C=O) groups is 1. The van der Waals surface area contributed by atoms with E-state index in [2.05, 4.69) is 20.4 Å². The summed E-state index contributed by atoms with van der Waals surface area (Å²) in [6.45, 7) is 3.50. The third-order valence-corrected chi connectivity index (χ3v) is 6.14. The number of anilines is 1. The summed E-state index contributed by atoms with van der Waals surface area (Å²) in [7, 11) is -3.03. The van der Waals surface area contributed by atoms with Crippen LogP contribution in [0.3, 0.4) is 0 Å². The van der Waals surface area contributed by atoms with Gasteiger partial charge in [-0.15, -0.1) is 10.2 Å². The highest BCUT2D eigenvalue weighted by molar-refractivity contribution is 7.91. The average molecular weight is 374 g/mol. The summed E-state index contributed by atoms with van der Waals surface area (Å²) in [6.07, 6.45) is 0.445. The SMILES string of the molecule is CCN(Cc1ccccc1)c1ccc(C(=O)NC2CCS(=O)(=O)C2)nn1. The van der Waals surface area contributed by atoms with Crippen molar-refractivity contribution in [2.24, 2.45) is 0 Å². The number of nitrogens with zero attached hydrogens (tertiary/aromatic N) is 3. The average Bonchev–Trinajstić information content (AvgIpc) is 2.99. The van der Waals surface area contributed by atoms with Crippen molar-refractivity contribution in [2.45, 2.75) is 25.9 Å². The van der Waals surface area contributed by atoms with Crippen LogP contribution in [0, 0.1) is 0 Å². The van der Waals surface area contributed by atoms with E-state index in [1.54, 1.807) is 12.1 Å². The maximum Gasteiger partial charge on any atom is 0.272 e. The van der Waals surface area contributed by atoms with Gasteiger partial charge in [0.25, 0.3) is 5.91 Å². The molecule has 0 radical (unpaired) electrons. The number of rotatable bonds is 6. The lowest BCUT2D eigenvalue weighted by atomic mass is 10.2. The minimum Gasteiger partial charge on any atom is -0.351 e. The van der Waals surface area contributed by atoms with Gasteiger partial charge in [0, 0.05) is 19.1 Å². The molecule has 7 nitrogen and oxygen atoms in total. The Morgan fingerprint density at radius 2 is 1.96 bits per heavy atom. The third-order valence-electron chi connectivity index (χ3n) is 4.37. The number of sulfone groups is 1. The molecule has 1 aromatic carbocycles. The normalized spacial score (nSPS) is 18.4. The maximum atomic E-state index is 12.2. The number of carbonyl (C=O) groups excluding carboxylic acids is 1. The topological polar surface area (TPSA) is 92.3 Å². The summed E-state index contributed by atoms with van der Waals surface area (Å²) in [6, 6.07) is 13.1. The standard InChI is InChI=1S/C18H22N4O3S/c1-2-22(12-14-6-4-3-5-7-14)17-9-8-16(20-21-17)18(23)19-15-10-11-26(24,25)13-15/h3-9,15H,2,10-13H2,1H3,(H,19,23). The molecule has 26 heavy (non-hydrogen) atoms. The van der Waals surface area contributed by atoms with E-state index < -0.39 is 15.7 Å². The van der Waals surface area contributed by atoms with Crippen molar-refractivity contribution in [1.82, 2.24) is 15.5 Å². The largest absolute Gasteiger partial charge is 0.351 e. The van der Waals surface area contributed by atoms with E-state index >= 15 is 0 Å². The van der Waals surface area contributed by atoms with Crippen molar-refractivity contribution in [1.29, 1.82) is 0 Å². The van der Waals surface area contributed by atoms with E-state index in [1.807, 2.05) is 37.3 Å². The predicted octanol–water partition coefficient (Wildman–Crippen LogP) is 1.42. The lowest BCUT2D eigenvalue weighted by Crippen LogP contribution is -2.36. The second-order valence-electron chi connectivity index (χ2n) is 6.35. The number of benzene rings is 1. The summed E-state index contributed by atoms with van der Waals surface area (Å²) >= 11 is 0. The number of aromatic nitrogens is 2. The summed E-state index contributed by atoms with van der Waals surface area (Å²) in [5, 5.41) is 10.9. The van der Waals surface area contributed by atoms with Crippen LogP contribution < -0.4 is 10.2 Å². The van der Waals surface area contributed by atoms with Gasteiger partial charge in [-0.3, -0.25) is 4.79 Å². The summed E-state index contributed by atoms with van der Waals surface area (Å²) in [4.78, 5) is 14.3. The van der Waals surface area contributed by atoms with Crippen LogP contribution in [-0.4, -0.2) is 48.6 Å². The lowest BCUT2D eigenvalue weighted by Gasteiger charge is -2.21. The molecule has 1 N–H and O–H groups in total. The number of amides is 1. The predicted molar refractivity (Wildman–Crippen MR) is 99.7 cm³/mol. The zero-order chi connectivity index (χ0) is 18.6. The van der Waals surface area contributed by atoms with Crippen molar-refractivity contribution >= 4 is 21.6 Å². The van der Waals surface area contributed by atoms with Crippen molar-refractivity contribution < 1.29 is 13.2 Å². The van der Waals surface area contributed by atoms with Crippen LogP contribution in [0.1, 0.15) is 29.4 Å². The quantitative estimate of drug-likeness (QED) is 0.822. The Hall–Kier alpha value is -2.48. The molecule has 1 atom stereocenters. The Bertz CT molecular complexity index is 854. The second-order valence-corrected chi connectivity index (χ2v) is 8.58. The molecule has 2 heterocycles. The number of hydrogen-bond donors (Lipinski definition) is 1. The lowest BCUT2D eigenvalue weighted by molar-refractivity contribution is 0.0935. The first-order valence-corrected chi connectivity index (χ1v) is 10.4. The number of hydrogen-bond acceptors (Lipinski definition) is 6. The minimum atomic E-state index is -3.03. The van der Waals surface area contributed by atoms with Gasteiger partial charge in [0.15, 0.2) is 21.3 Å². The fraction of sp³-hybridized carbons (Fsp3) is 0.389. The van der Waals surface area contributed by atoms with Crippen LogP contribution in [0.25, 0.3) is 0 Å². The highest BCUT2D eigenvalue weighted by atomic mass is 32.2. The Labute approximate surface area is 153 Å². The van der Waals surface area contributed by atoms with Crippen molar-refractivity contribution in [3.63, 3.8) is 0 Å². The molecule has 1 aliphatic heterocycles. The van der Waals surface area contributed by atoms with Gasteiger partial charge in [-0.05, 0) is 31.0 Å². The highest BCUT2D eigenvalue weighted by Crippen LogP contribution is 2.15. The van der Waals surface area contributed by atoms with E-state index in [4.69, 9.17) is 0 Å². The van der Waals surface area contributed by atoms with E-state index in [-0.39, 0.29) is 23.2 Å². The Balaban J connectivity index is 1.64. The summed E-state index contributed by atoms with van der Waals surface area (Å²) in [5.41, 5.74) is 1.36. The van der Waals surface area contributed by atoms with Crippen molar-refractivity contribution in [2.75, 3.05) is 23.0 Å². The number of nitrogens with one attached hydrogen (secondary N) is 1. The first-order valence-electron chi connectivity index (χ1n) is 8.61. The van der Waals surface area contributed by atoms with Gasteiger partial charge in [0.2, 0.25) is 0 Å². The molecule has 8 heteroatoms. The molecule has 3 rings (SSSR count). The van der Waals surface area contributed by atoms with Gasteiger partial charge >= 0.3 is 0 Å². The Kier molecular flexibility index (Phi) is 5.51. The highest BCUT2D eigenvalue weighted by Gasteiger charge is 2.29. The summed E-state index contributed by atoms with van der Waals surface area (Å²) in [5.74, 6) is 0.409. The molecule has 1 saturated heterocycles. The van der Waals surface area contributed by atoms with Crippen LogP contribution in [0.5, 0.6) is 0 Å². The molecular weight excluding hydrogens is 352 g/mol. The van der Waals surface area contributed by atoms with Gasteiger partial charge in [0.05, 0.1) is 11.5 Å². The summed E-state index contributed by atoms with van der Waals surface area (Å²) < 4.78 is 23.0. The van der Waals surface area contributed by atoms with Crippen molar-refractivity contribution in [3.05, 3.63) is 53.7 Å². The van der Waals surface area contributed by atoms with Gasteiger partial charge in [-0.25, -0.2) is 8.42 Å². The molecule has 0 spiro atoms. The molecule has 2 aromatic rings. The van der Waals surface area contributed by atoms with Gasteiger partial charge in [-0.1, -0.05) is 30.3 Å². The molecular formula is C18H22N4O3S. The molecule has 138 valence electrons. The zero-order valence-electron chi connectivity index (χ0n) is 14.6. The molecule has 1 amide bonds.